The standard InChI is InChI=1S/C13H23BrN2/c1-4-11(14)8-7-9-13-10-12(5-2)15-16(13)6-3/h10-11H,4-9H2,1-3H3. The quantitative estimate of drug-likeness (QED) is 0.694. The maximum absolute atomic E-state index is 4.57. The number of aromatic nitrogens is 2. The lowest BCUT2D eigenvalue weighted by Gasteiger charge is -2.07. The fraction of sp³-hybridized carbons (Fsp3) is 0.769. The molecule has 0 amide bonds. The Morgan fingerprint density at radius 3 is 2.69 bits per heavy atom. The normalized spacial score (nSPS) is 13.0. The molecule has 0 spiro atoms. The number of hydrogen-bond donors (Lipinski definition) is 0. The first-order valence-corrected chi connectivity index (χ1v) is 7.32. The predicted octanol–water partition coefficient (Wildman–Crippen LogP) is 3.96. The summed E-state index contributed by atoms with van der Waals surface area (Å²) in [4.78, 5) is 0.677. The van der Waals surface area contributed by atoms with Gasteiger partial charge in [0.2, 0.25) is 0 Å². The molecule has 1 atom stereocenters. The van der Waals surface area contributed by atoms with Crippen molar-refractivity contribution in [3.05, 3.63) is 17.5 Å². The van der Waals surface area contributed by atoms with Gasteiger partial charge in [0.15, 0.2) is 0 Å². The highest BCUT2D eigenvalue weighted by atomic mass is 79.9. The summed E-state index contributed by atoms with van der Waals surface area (Å²) >= 11 is 3.68. The summed E-state index contributed by atoms with van der Waals surface area (Å²) in [5, 5.41) is 4.57. The number of rotatable bonds is 7. The molecule has 0 N–H and O–H groups in total. The lowest BCUT2D eigenvalue weighted by molar-refractivity contribution is 0.591. The van der Waals surface area contributed by atoms with E-state index in [0.717, 1.165) is 19.4 Å². The zero-order valence-corrected chi connectivity index (χ0v) is 12.3. The fourth-order valence-electron chi connectivity index (χ4n) is 1.87. The van der Waals surface area contributed by atoms with Crippen molar-refractivity contribution in [1.29, 1.82) is 0 Å². The average Bonchev–Trinajstić information content (AvgIpc) is 2.71. The van der Waals surface area contributed by atoms with Crippen molar-refractivity contribution in [2.45, 2.75) is 64.2 Å². The first kappa shape index (κ1) is 13.8. The van der Waals surface area contributed by atoms with Gasteiger partial charge in [-0.15, -0.1) is 0 Å². The van der Waals surface area contributed by atoms with Gasteiger partial charge in [0.1, 0.15) is 0 Å². The smallest absolute Gasteiger partial charge is 0.0624 e. The summed E-state index contributed by atoms with van der Waals surface area (Å²) in [5.41, 5.74) is 2.62. The highest BCUT2D eigenvalue weighted by molar-refractivity contribution is 9.09. The molecular weight excluding hydrogens is 264 g/mol. The van der Waals surface area contributed by atoms with Crippen LogP contribution in [0.5, 0.6) is 0 Å². The van der Waals surface area contributed by atoms with E-state index >= 15 is 0 Å². The number of alkyl halides is 1. The largest absolute Gasteiger partial charge is 0.270 e. The second kappa shape index (κ2) is 7.10. The molecule has 2 nitrogen and oxygen atoms in total. The Morgan fingerprint density at radius 1 is 1.38 bits per heavy atom. The van der Waals surface area contributed by atoms with Crippen LogP contribution in [0.25, 0.3) is 0 Å². The molecule has 1 unspecified atom stereocenters. The third-order valence-corrected chi connectivity index (χ3v) is 4.07. The molecule has 1 aromatic rings. The van der Waals surface area contributed by atoms with Crippen molar-refractivity contribution in [2.24, 2.45) is 0 Å². The van der Waals surface area contributed by atoms with Gasteiger partial charge in [-0.25, -0.2) is 0 Å². The molecular formula is C13H23BrN2. The zero-order valence-electron chi connectivity index (χ0n) is 10.7. The predicted molar refractivity (Wildman–Crippen MR) is 73.2 cm³/mol. The molecule has 0 bridgehead atoms. The SMILES string of the molecule is CCc1cc(CCCC(Br)CC)n(CC)n1. The summed E-state index contributed by atoms with van der Waals surface area (Å²) < 4.78 is 2.15. The van der Waals surface area contributed by atoms with Gasteiger partial charge in [-0.1, -0.05) is 29.8 Å². The molecule has 0 aliphatic carbocycles. The number of hydrogen-bond acceptors (Lipinski definition) is 1. The van der Waals surface area contributed by atoms with Gasteiger partial charge < -0.3 is 0 Å². The molecule has 0 aliphatic heterocycles. The summed E-state index contributed by atoms with van der Waals surface area (Å²) in [6.07, 6.45) is 5.91. The van der Waals surface area contributed by atoms with E-state index in [1.807, 2.05) is 0 Å². The van der Waals surface area contributed by atoms with E-state index in [9.17, 15) is 0 Å². The lowest BCUT2D eigenvalue weighted by Crippen LogP contribution is -2.04. The third-order valence-electron chi connectivity index (χ3n) is 2.97. The Kier molecular flexibility index (Phi) is 6.10. The van der Waals surface area contributed by atoms with E-state index in [1.54, 1.807) is 0 Å². The van der Waals surface area contributed by atoms with Crippen LogP contribution in [-0.2, 0) is 19.4 Å². The van der Waals surface area contributed by atoms with Crippen molar-refractivity contribution < 1.29 is 0 Å². The fourth-order valence-corrected chi connectivity index (χ4v) is 2.20. The van der Waals surface area contributed by atoms with Gasteiger partial charge in [0.25, 0.3) is 0 Å². The highest BCUT2D eigenvalue weighted by Gasteiger charge is 2.06. The van der Waals surface area contributed by atoms with E-state index in [1.165, 1.54) is 30.7 Å². The molecule has 16 heavy (non-hydrogen) atoms. The monoisotopic (exact) mass is 286 g/mol. The Morgan fingerprint density at radius 2 is 2.12 bits per heavy atom. The van der Waals surface area contributed by atoms with Crippen molar-refractivity contribution in [2.75, 3.05) is 0 Å². The second-order valence-electron chi connectivity index (χ2n) is 4.19. The van der Waals surface area contributed by atoms with E-state index < -0.39 is 0 Å². The van der Waals surface area contributed by atoms with Gasteiger partial charge in [0.05, 0.1) is 5.69 Å². The molecule has 92 valence electrons. The van der Waals surface area contributed by atoms with Gasteiger partial charge in [-0.2, -0.15) is 5.10 Å². The molecule has 0 aliphatic rings. The van der Waals surface area contributed by atoms with Crippen LogP contribution in [0.3, 0.4) is 0 Å². The zero-order chi connectivity index (χ0) is 12.0. The van der Waals surface area contributed by atoms with E-state index in [0.29, 0.717) is 4.83 Å². The van der Waals surface area contributed by atoms with E-state index in [4.69, 9.17) is 0 Å². The van der Waals surface area contributed by atoms with Crippen molar-refractivity contribution in [1.82, 2.24) is 9.78 Å². The van der Waals surface area contributed by atoms with Gasteiger partial charge in [-0.05, 0) is 45.1 Å². The highest BCUT2D eigenvalue weighted by Crippen LogP contribution is 2.15. The molecule has 1 aromatic heterocycles. The minimum absolute atomic E-state index is 0.677. The van der Waals surface area contributed by atoms with Crippen LogP contribution in [0.4, 0.5) is 0 Å². The minimum Gasteiger partial charge on any atom is -0.270 e. The topological polar surface area (TPSA) is 17.8 Å². The Balaban J connectivity index is 2.49. The van der Waals surface area contributed by atoms with Crippen molar-refractivity contribution in [3.8, 4) is 0 Å². The Bertz CT molecular complexity index is 307. The van der Waals surface area contributed by atoms with E-state index in [-0.39, 0.29) is 0 Å². The third kappa shape index (κ3) is 3.93. The number of nitrogens with zero attached hydrogens (tertiary/aromatic N) is 2. The molecule has 1 heterocycles. The molecule has 1 rings (SSSR count). The van der Waals surface area contributed by atoms with Crippen LogP contribution >= 0.6 is 15.9 Å². The van der Waals surface area contributed by atoms with Crippen LogP contribution in [0, 0.1) is 0 Å². The van der Waals surface area contributed by atoms with Gasteiger partial charge in [-0.3, -0.25) is 4.68 Å². The summed E-state index contributed by atoms with van der Waals surface area (Å²) in [5.74, 6) is 0. The molecule has 0 radical (unpaired) electrons. The minimum atomic E-state index is 0.677. The van der Waals surface area contributed by atoms with Crippen molar-refractivity contribution in [3.63, 3.8) is 0 Å². The van der Waals surface area contributed by atoms with Gasteiger partial charge in [0, 0.05) is 17.1 Å². The van der Waals surface area contributed by atoms with Crippen LogP contribution in [0.1, 0.15) is 51.4 Å². The Hall–Kier alpha value is -0.310. The number of aryl methyl sites for hydroxylation is 3. The summed E-state index contributed by atoms with van der Waals surface area (Å²) in [6, 6.07) is 2.26. The number of halogens is 1. The summed E-state index contributed by atoms with van der Waals surface area (Å²) in [7, 11) is 0. The molecule has 0 saturated carbocycles. The average molecular weight is 287 g/mol. The van der Waals surface area contributed by atoms with Gasteiger partial charge >= 0.3 is 0 Å². The van der Waals surface area contributed by atoms with Crippen LogP contribution in [-0.4, -0.2) is 14.6 Å². The van der Waals surface area contributed by atoms with Crippen LogP contribution in [0.15, 0.2) is 6.07 Å². The van der Waals surface area contributed by atoms with Crippen molar-refractivity contribution >= 4 is 15.9 Å². The first-order chi connectivity index (χ1) is 7.71. The van der Waals surface area contributed by atoms with E-state index in [2.05, 4.69) is 52.5 Å². The molecule has 3 heteroatoms. The maximum atomic E-state index is 4.57. The summed E-state index contributed by atoms with van der Waals surface area (Å²) in [6.45, 7) is 7.54. The molecule has 0 fully saturated rings. The molecule has 0 saturated heterocycles. The Labute approximate surface area is 108 Å². The first-order valence-electron chi connectivity index (χ1n) is 6.40. The second-order valence-corrected chi connectivity index (χ2v) is 5.49. The van der Waals surface area contributed by atoms with Crippen LogP contribution in [0.2, 0.25) is 0 Å². The maximum Gasteiger partial charge on any atom is 0.0624 e. The van der Waals surface area contributed by atoms with Crippen LogP contribution < -0.4 is 0 Å². The molecule has 0 aromatic carbocycles. The lowest BCUT2D eigenvalue weighted by atomic mass is 10.1.